The monoisotopic (exact) mass is 424 g/mol. The fourth-order valence-electron chi connectivity index (χ4n) is 6.11. The Hall–Kier alpha value is -3.64. The summed E-state index contributed by atoms with van der Waals surface area (Å²) in [5.74, 6) is 0. The molecule has 0 nitrogen and oxygen atoms in total. The highest BCUT2D eigenvalue weighted by molar-refractivity contribution is 6.19. The van der Waals surface area contributed by atoms with Gasteiger partial charge in [-0.15, -0.1) is 0 Å². The number of hydrogen-bond donors (Lipinski definition) is 0. The van der Waals surface area contributed by atoms with Gasteiger partial charge in [-0.05, 0) is 118 Å². The molecule has 0 bridgehead atoms. The molecule has 5 aromatic carbocycles. The number of hydrogen-bond acceptors (Lipinski definition) is 0. The molecule has 0 N–H and O–H groups in total. The van der Waals surface area contributed by atoms with Crippen molar-refractivity contribution in [1.82, 2.24) is 0 Å². The Bertz CT molecular complexity index is 1550. The van der Waals surface area contributed by atoms with Gasteiger partial charge in [-0.2, -0.15) is 0 Å². The van der Waals surface area contributed by atoms with Crippen LogP contribution in [0, 0.1) is 34.6 Å². The smallest absolute Gasteiger partial charge is 0.00201 e. The molecule has 1 aliphatic carbocycles. The molecule has 6 rings (SSSR count). The van der Waals surface area contributed by atoms with E-state index >= 15 is 0 Å². The first-order valence-corrected chi connectivity index (χ1v) is 11.8. The van der Waals surface area contributed by atoms with Crippen molar-refractivity contribution in [2.75, 3.05) is 0 Å². The Morgan fingerprint density at radius 3 is 1.76 bits per heavy atom. The summed E-state index contributed by atoms with van der Waals surface area (Å²) in [5.41, 5.74) is 17.5. The van der Waals surface area contributed by atoms with Crippen molar-refractivity contribution in [3.8, 4) is 44.5 Å². The molecule has 33 heavy (non-hydrogen) atoms. The summed E-state index contributed by atoms with van der Waals surface area (Å²) in [6.45, 7) is 11.1. The standard InChI is InChI=1S/C33H28/c1-19-16-22(4)32(23(5)17-19)29-15-14-28-25-13-12-24(31-20(2)8-6-9-21(31)3)18-30(25)27-11-7-10-26(29)33(27)28/h6-18H,1-5H3. The lowest BCUT2D eigenvalue weighted by Gasteiger charge is -2.15. The molecule has 1 aliphatic rings. The summed E-state index contributed by atoms with van der Waals surface area (Å²) in [6, 6.07) is 29.7. The minimum Gasteiger partial charge on any atom is -0.0617 e. The van der Waals surface area contributed by atoms with Crippen LogP contribution in [0.25, 0.3) is 55.3 Å². The second-order valence-electron chi connectivity index (χ2n) is 9.69. The van der Waals surface area contributed by atoms with Crippen LogP contribution in [0.4, 0.5) is 0 Å². The van der Waals surface area contributed by atoms with Crippen molar-refractivity contribution in [1.29, 1.82) is 0 Å². The van der Waals surface area contributed by atoms with Crippen LogP contribution in [-0.4, -0.2) is 0 Å². The zero-order valence-corrected chi connectivity index (χ0v) is 20.0. The van der Waals surface area contributed by atoms with Gasteiger partial charge in [-0.25, -0.2) is 0 Å². The van der Waals surface area contributed by atoms with E-state index < -0.39 is 0 Å². The van der Waals surface area contributed by atoms with E-state index in [2.05, 4.69) is 113 Å². The van der Waals surface area contributed by atoms with E-state index in [4.69, 9.17) is 0 Å². The van der Waals surface area contributed by atoms with Gasteiger partial charge in [0.1, 0.15) is 0 Å². The molecular weight excluding hydrogens is 396 g/mol. The van der Waals surface area contributed by atoms with Crippen molar-refractivity contribution >= 4 is 10.8 Å². The minimum atomic E-state index is 1.31. The van der Waals surface area contributed by atoms with Crippen molar-refractivity contribution in [3.63, 3.8) is 0 Å². The van der Waals surface area contributed by atoms with Gasteiger partial charge in [0.25, 0.3) is 0 Å². The van der Waals surface area contributed by atoms with E-state index in [9.17, 15) is 0 Å². The largest absolute Gasteiger partial charge is 0.0617 e. The molecule has 0 amide bonds. The fourth-order valence-corrected chi connectivity index (χ4v) is 6.11. The molecule has 0 atom stereocenters. The van der Waals surface area contributed by atoms with Crippen molar-refractivity contribution in [3.05, 3.63) is 107 Å². The molecule has 160 valence electrons. The number of fused-ring (bicyclic) bond motifs is 3. The van der Waals surface area contributed by atoms with E-state index in [1.165, 1.54) is 83.1 Å². The maximum Gasteiger partial charge on any atom is -0.00201 e. The maximum atomic E-state index is 2.40. The second-order valence-corrected chi connectivity index (χ2v) is 9.69. The van der Waals surface area contributed by atoms with Gasteiger partial charge >= 0.3 is 0 Å². The van der Waals surface area contributed by atoms with E-state index in [1.807, 2.05) is 0 Å². The first kappa shape index (κ1) is 20.0. The summed E-state index contributed by atoms with van der Waals surface area (Å²) in [4.78, 5) is 0. The van der Waals surface area contributed by atoms with Crippen LogP contribution in [0.1, 0.15) is 27.8 Å². The van der Waals surface area contributed by atoms with E-state index in [-0.39, 0.29) is 0 Å². The molecule has 0 radical (unpaired) electrons. The minimum absolute atomic E-state index is 1.31. The van der Waals surface area contributed by atoms with Crippen LogP contribution in [0.2, 0.25) is 0 Å². The molecular formula is C33H28. The summed E-state index contributed by atoms with van der Waals surface area (Å²) < 4.78 is 0. The Kier molecular flexibility index (Phi) is 4.35. The molecule has 0 unspecified atom stereocenters. The van der Waals surface area contributed by atoms with Gasteiger partial charge in [0, 0.05) is 0 Å². The SMILES string of the molecule is Cc1cc(C)c(-c2ccc3c4c(cccc24)-c2cc(-c4c(C)cccc4C)ccc2-3)c(C)c1. The molecule has 0 saturated carbocycles. The van der Waals surface area contributed by atoms with Gasteiger partial charge in [0.05, 0.1) is 0 Å². The van der Waals surface area contributed by atoms with Crippen LogP contribution in [-0.2, 0) is 0 Å². The Balaban J connectivity index is 1.61. The van der Waals surface area contributed by atoms with Crippen LogP contribution < -0.4 is 0 Å². The predicted molar refractivity (Wildman–Crippen MR) is 143 cm³/mol. The van der Waals surface area contributed by atoms with Gasteiger partial charge in [-0.1, -0.05) is 78.4 Å². The molecule has 0 fully saturated rings. The fraction of sp³-hybridized carbons (Fsp3) is 0.152. The zero-order chi connectivity index (χ0) is 22.9. The van der Waals surface area contributed by atoms with Gasteiger partial charge in [0.2, 0.25) is 0 Å². The summed E-state index contributed by atoms with van der Waals surface area (Å²) >= 11 is 0. The highest BCUT2D eigenvalue weighted by atomic mass is 14.3. The lowest BCUT2D eigenvalue weighted by Crippen LogP contribution is -1.91. The third-order valence-corrected chi connectivity index (χ3v) is 7.36. The molecule has 5 aromatic rings. The number of aryl methyl sites for hydroxylation is 5. The molecule has 0 aromatic heterocycles. The zero-order valence-electron chi connectivity index (χ0n) is 20.0. The van der Waals surface area contributed by atoms with E-state index in [0.29, 0.717) is 0 Å². The van der Waals surface area contributed by atoms with Gasteiger partial charge in [-0.3, -0.25) is 0 Å². The number of benzene rings is 5. The van der Waals surface area contributed by atoms with E-state index in [1.54, 1.807) is 0 Å². The van der Waals surface area contributed by atoms with Crippen molar-refractivity contribution in [2.24, 2.45) is 0 Å². The Labute approximate surface area is 196 Å². The predicted octanol–water partition coefficient (Wildman–Crippen LogP) is 9.36. The molecule has 0 saturated heterocycles. The third kappa shape index (κ3) is 2.91. The molecule has 0 spiro atoms. The highest BCUT2D eigenvalue weighted by Gasteiger charge is 2.24. The molecule has 0 heterocycles. The van der Waals surface area contributed by atoms with Crippen LogP contribution in [0.15, 0.2) is 78.9 Å². The van der Waals surface area contributed by atoms with Crippen LogP contribution >= 0.6 is 0 Å². The molecule has 0 aliphatic heterocycles. The maximum absolute atomic E-state index is 2.40. The quantitative estimate of drug-likeness (QED) is 0.260. The Morgan fingerprint density at radius 1 is 0.424 bits per heavy atom. The van der Waals surface area contributed by atoms with Crippen LogP contribution in [0.3, 0.4) is 0 Å². The van der Waals surface area contributed by atoms with Gasteiger partial charge < -0.3 is 0 Å². The van der Waals surface area contributed by atoms with E-state index in [0.717, 1.165) is 0 Å². The highest BCUT2D eigenvalue weighted by Crippen LogP contribution is 2.51. The van der Waals surface area contributed by atoms with Gasteiger partial charge in [0.15, 0.2) is 0 Å². The summed E-state index contributed by atoms with van der Waals surface area (Å²) in [6.07, 6.45) is 0. The lowest BCUT2D eigenvalue weighted by atomic mass is 9.89. The second kappa shape index (κ2) is 7.18. The summed E-state index contributed by atoms with van der Waals surface area (Å²) in [5, 5.41) is 2.74. The number of rotatable bonds is 2. The van der Waals surface area contributed by atoms with Crippen LogP contribution in [0.5, 0.6) is 0 Å². The normalized spacial score (nSPS) is 11.8. The van der Waals surface area contributed by atoms with Crippen molar-refractivity contribution < 1.29 is 0 Å². The Morgan fingerprint density at radius 2 is 1.03 bits per heavy atom. The average molecular weight is 425 g/mol. The first-order chi connectivity index (χ1) is 15.9. The average Bonchev–Trinajstić information content (AvgIpc) is 3.09. The topological polar surface area (TPSA) is 0 Å². The summed E-state index contributed by atoms with van der Waals surface area (Å²) in [7, 11) is 0. The third-order valence-electron chi connectivity index (χ3n) is 7.36. The lowest BCUT2D eigenvalue weighted by molar-refractivity contribution is 1.32. The van der Waals surface area contributed by atoms with Crippen molar-refractivity contribution in [2.45, 2.75) is 34.6 Å². The molecule has 0 heteroatoms. The first-order valence-electron chi connectivity index (χ1n) is 11.8.